The molecule has 0 aliphatic heterocycles. The Hall–Kier alpha value is -1.50. The van der Waals surface area contributed by atoms with E-state index < -0.39 is 16.7 Å². The van der Waals surface area contributed by atoms with Crippen molar-refractivity contribution in [2.24, 2.45) is 0 Å². The van der Waals surface area contributed by atoms with E-state index in [1.165, 1.54) is 12.4 Å². The minimum atomic E-state index is -2.55. The Labute approximate surface area is 88.3 Å². The molecule has 0 aromatic carbocycles. The SMILES string of the molecule is CCOC(=O)c1cnc(C[SH](=O)=O)nc1. The van der Waals surface area contributed by atoms with Gasteiger partial charge in [0.1, 0.15) is 22.3 Å². The summed E-state index contributed by atoms with van der Waals surface area (Å²) in [6, 6.07) is 0. The van der Waals surface area contributed by atoms with Crippen molar-refractivity contribution >= 4 is 16.7 Å². The fourth-order valence-electron chi connectivity index (χ4n) is 0.872. The van der Waals surface area contributed by atoms with Crippen LogP contribution in [0.4, 0.5) is 0 Å². The Morgan fingerprint density at radius 3 is 2.47 bits per heavy atom. The number of hydrogen-bond donors (Lipinski definition) is 1. The van der Waals surface area contributed by atoms with Gasteiger partial charge in [0.2, 0.25) is 0 Å². The first-order valence-corrected chi connectivity index (χ1v) is 5.59. The fraction of sp³-hybridized carbons (Fsp3) is 0.375. The molecule has 0 saturated carbocycles. The van der Waals surface area contributed by atoms with Gasteiger partial charge in [0.05, 0.1) is 12.2 Å². The van der Waals surface area contributed by atoms with E-state index in [1.807, 2.05) is 0 Å². The Kier molecular flexibility index (Phi) is 4.17. The van der Waals surface area contributed by atoms with Crippen molar-refractivity contribution in [1.29, 1.82) is 0 Å². The topological polar surface area (TPSA) is 86.2 Å². The predicted molar refractivity (Wildman–Crippen MR) is 52.0 cm³/mol. The molecule has 15 heavy (non-hydrogen) atoms. The van der Waals surface area contributed by atoms with Gasteiger partial charge >= 0.3 is 5.97 Å². The summed E-state index contributed by atoms with van der Waals surface area (Å²) in [5.41, 5.74) is 0.210. The maximum absolute atomic E-state index is 11.2. The lowest BCUT2D eigenvalue weighted by molar-refractivity contribution is 0.0525. The van der Waals surface area contributed by atoms with Gasteiger partial charge in [-0.2, -0.15) is 0 Å². The Morgan fingerprint density at radius 2 is 2.00 bits per heavy atom. The second kappa shape index (κ2) is 5.40. The quantitative estimate of drug-likeness (QED) is 0.567. The van der Waals surface area contributed by atoms with E-state index in [0.29, 0.717) is 0 Å². The predicted octanol–water partition coefficient (Wildman–Crippen LogP) is -0.235. The normalized spacial score (nSPS) is 10.3. The van der Waals surface area contributed by atoms with Gasteiger partial charge in [-0.25, -0.2) is 23.2 Å². The van der Waals surface area contributed by atoms with Crippen LogP contribution in [0.25, 0.3) is 0 Å². The van der Waals surface area contributed by atoms with Crippen LogP contribution in [-0.4, -0.2) is 31.0 Å². The zero-order chi connectivity index (χ0) is 11.3. The van der Waals surface area contributed by atoms with Crippen LogP contribution in [0.15, 0.2) is 12.4 Å². The number of esters is 1. The highest BCUT2D eigenvalue weighted by molar-refractivity contribution is 7.71. The summed E-state index contributed by atoms with van der Waals surface area (Å²) in [6.07, 6.45) is 2.50. The zero-order valence-corrected chi connectivity index (χ0v) is 8.94. The van der Waals surface area contributed by atoms with Crippen LogP contribution in [0.1, 0.15) is 23.1 Å². The number of thiol groups is 1. The monoisotopic (exact) mass is 230 g/mol. The molecular formula is C8H10N2O4S. The third-order valence-corrected chi connectivity index (χ3v) is 2.03. The largest absolute Gasteiger partial charge is 0.462 e. The zero-order valence-electron chi connectivity index (χ0n) is 8.04. The van der Waals surface area contributed by atoms with Gasteiger partial charge < -0.3 is 4.74 Å². The molecule has 0 radical (unpaired) electrons. The van der Waals surface area contributed by atoms with Gasteiger partial charge in [-0.15, -0.1) is 0 Å². The first-order chi connectivity index (χ1) is 7.13. The van der Waals surface area contributed by atoms with Crippen LogP contribution >= 0.6 is 0 Å². The van der Waals surface area contributed by atoms with Crippen molar-refractivity contribution < 1.29 is 17.9 Å². The van der Waals surface area contributed by atoms with Crippen molar-refractivity contribution in [3.05, 3.63) is 23.8 Å². The van der Waals surface area contributed by atoms with E-state index in [0.717, 1.165) is 0 Å². The van der Waals surface area contributed by atoms with Crippen molar-refractivity contribution in [2.75, 3.05) is 6.61 Å². The molecule has 7 heteroatoms. The van der Waals surface area contributed by atoms with Gasteiger partial charge in [0.25, 0.3) is 0 Å². The minimum Gasteiger partial charge on any atom is -0.462 e. The first-order valence-electron chi connectivity index (χ1n) is 4.23. The summed E-state index contributed by atoms with van der Waals surface area (Å²) in [5, 5.41) is 0. The molecule has 1 aromatic heterocycles. The Balaban J connectivity index is 2.76. The average Bonchev–Trinajstić information content (AvgIpc) is 2.18. The van der Waals surface area contributed by atoms with Crippen LogP contribution < -0.4 is 0 Å². The molecule has 0 atom stereocenters. The van der Waals surface area contributed by atoms with E-state index in [4.69, 9.17) is 4.74 Å². The highest BCUT2D eigenvalue weighted by Gasteiger charge is 2.07. The molecule has 1 heterocycles. The van der Waals surface area contributed by atoms with E-state index in [1.54, 1.807) is 6.92 Å². The molecule has 0 fully saturated rings. The van der Waals surface area contributed by atoms with Crippen LogP contribution in [0.3, 0.4) is 0 Å². The van der Waals surface area contributed by atoms with Crippen molar-refractivity contribution in [3.8, 4) is 0 Å². The molecule has 0 saturated heterocycles. The van der Waals surface area contributed by atoms with E-state index in [-0.39, 0.29) is 23.7 Å². The third kappa shape index (κ3) is 3.62. The molecule has 0 bridgehead atoms. The van der Waals surface area contributed by atoms with Gasteiger partial charge in [-0.05, 0) is 6.92 Å². The molecule has 0 spiro atoms. The van der Waals surface area contributed by atoms with Crippen molar-refractivity contribution in [2.45, 2.75) is 12.7 Å². The second-order valence-corrected chi connectivity index (χ2v) is 3.58. The highest BCUT2D eigenvalue weighted by Crippen LogP contribution is 1.99. The van der Waals surface area contributed by atoms with E-state index >= 15 is 0 Å². The molecule has 0 aliphatic carbocycles. The number of ether oxygens (including phenoxy) is 1. The molecule has 0 unspecified atom stereocenters. The lowest BCUT2D eigenvalue weighted by Gasteiger charge is -2.00. The average molecular weight is 230 g/mol. The van der Waals surface area contributed by atoms with Gasteiger partial charge in [0, 0.05) is 12.4 Å². The lowest BCUT2D eigenvalue weighted by atomic mass is 10.3. The number of hydrogen-bond acceptors (Lipinski definition) is 6. The van der Waals surface area contributed by atoms with Crippen molar-refractivity contribution in [3.63, 3.8) is 0 Å². The number of carbonyl (C=O) groups excluding carboxylic acids is 1. The summed E-state index contributed by atoms with van der Waals surface area (Å²) in [7, 11) is -2.55. The van der Waals surface area contributed by atoms with Crippen LogP contribution in [0.5, 0.6) is 0 Å². The van der Waals surface area contributed by atoms with Gasteiger partial charge in [0.15, 0.2) is 0 Å². The summed E-state index contributed by atoms with van der Waals surface area (Å²) in [5.74, 6) is -0.576. The number of aromatic nitrogens is 2. The maximum Gasteiger partial charge on any atom is 0.341 e. The van der Waals surface area contributed by atoms with Crippen LogP contribution in [-0.2, 0) is 21.2 Å². The Morgan fingerprint density at radius 1 is 1.40 bits per heavy atom. The summed E-state index contributed by atoms with van der Waals surface area (Å²) in [4.78, 5) is 18.6. The molecule has 0 aliphatic rings. The standard InChI is InChI=1S/C8H10N2O4S/c1-2-14-8(11)6-3-9-7(10-4-6)5-15(12)13/h3-4,15H,2,5H2,1H3. The second-order valence-electron chi connectivity index (χ2n) is 2.60. The van der Waals surface area contributed by atoms with Gasteiger partial charge in [-0.1, -0.05) is 0 Å². The molecule has 0 amide bonds. The molecule has 1 aromatic rings. The maximum atomic E-state index is 11.2. The lowest BCUT2D eigenvalue weighted by Crippen LogP contribution is -2.07. The van der Waals surface area contributed by atoms with E-state index in [9.17, 15) is 13.2 Å². The fourth-order valence-corrected chi connectivity index (χ4v) is 1.27. The number of rotatable bonds is 4. The number of nitrogens with zero attached hydrogens (tertiary/aromatic N) is 2. The molecular weight excluding hydrogens is 220 g/mol. The summed E-state index contributed by atoms with van der Waals surface area (Å²) < 4.78 is 25.4. The molecule has 82 valence electrons. The number of carbonyl (C=O) groups is 1. The highest BCUT2D eigenvalue weighted by atomic mass is 32.2. The molecule has 6 nitrogen and oxygen atoms in total. The summed E-state index contributed by atoms with van der Waals surface area (Å²) in [6.45, 7) is 1.96. The van der Waals surface area contributed by atoms with Crippen LogP contribution in [0, 0.1) is 0 Å². The molecule has 0 N–H and O–H groups in total. The van der Waals surface area contributed by atoms with Crippen molar-refractivity contribution in [1.82, 2.24) is 9.97 Å². The van der Waals surface area contributed by atoms with E-state index in [2.05, 4.69) is 9.97 Å². The first kappa shape index (κ1) is 11.6. The Bertz CT molecular complexity index is 405. The van der Waals surface area contributed by atoms with Gasteiger partial charge in [-0.3, -0.25) is 0 Å². The molecule has 1 rings (SSSR count). The smallest absolute Gasteiger partial charge is 0.341 e. The minimum absolute atomic E-state index is 0.166. The summed E-state index contributed by atoms with van der Waals surface area (Å²) >= 11 is 0. The third-order valence-electron chi connectivity index (χ3n) is 1.49. The van der Waals surface area contributed by atoms with Crippen LogP contribution in [0.2, 0.25) is 0 Å².